The molecule has 1 heterocycles. The SMILES string of the molecule is CCCC1=C(C(=O)OC)C(=O)[C@@](C)(/C=C/CC[C@H](C)O)O1. The van der Waals surface area contributed by atoms with Crippen molar-refractivity contribution in [1.82, 2.24) is 0 Å². The molecule has 0 amide bonds. The number of carbonyl (C=O) groups excluding carboxylic acids is 2. The van der Waals surface area contributed by atoms with Crippen molar-refractivity contribution in [2.45, 2.75) is 58.2 Å². The van der Waals surface area contributed by atoms with Crippen LogP contribution in [0.3, 0.4) is 0 Å². The topological polar surface area (TPSA) is 72.8 Å². The van der Waals surface area contributed by atoms with Gasteiger partial charge >= 0.3 is 5.97 Å². The average Bonchev–Trinajstić information content (AvgIpc) is 2.67. The summed E-state index contributed by atoms with van der Waals surface area (Å²) in [5.74, 6) is -0.618. The first-order valence-electron chi connectivity index (χ1n) is 7.26. The van der Waals surface area contributed by atoms with Crippen molar-refractivity contribution in [3.8, 4) is 0 Å². The van der Waals surface area contributed by atoms with E-state index < -0.39 is 11.6 Å². The van der Waals surface area contributed by atoms with Crippen molar-refractivity contribution < 1.29 is 24.2 Å². The van der Waals surface area contributed by atoms with Crippen LogP contribution >= 0.6 is 0 Å². The maximum Gasteiger partial charge on any atom is 0.345 e. The van der Waals surface area contributed by atoms with E-state index in [1.165, 1.54) is 7.11 Å². The van der Waals surface area contributed by atoms with Gasteiger partial charge in [-0.25, -0.2) is 4.79 Å². The molecule has 0 aromatic carbocycles. The highest BCUT2D eigenvalue weighted by atomic mass is 16.5. The van der Waals surface area contributed by atoms with Crippen LogP contribution in [0.25, 0.3) is 0 Å². The van der Waals surface area contributed by atoms with E-state index in [1.807, 2.05) is 6.92 Å². The van der Waals surface area contributed by atoms with Crippen LogP contribution in [0.4, 0.5) is 0 Å². The Morgan fingerprint density at radius 2 is 2.19 bits per heavy atom. The standard InChI is InChI=1S/C16H24O5/c1-5-8-12-13(15(19)20-4)14(18)16(3,21-12)10-7-6-9-11(2)17/h7,10-11,17H,5-6,8-9H2,1-4H3/b10-7+/t11-,16+/m0/s1. The number of esters is 1. The zero-order valence-corrected chi connectivity index (χ0v) is 13.1. The van der Waals surface area contributed by atoms with E-state index in [0.717, 1.165) is 6.42 Å². The monoisotopic (exact) mass is 296 g/mol. The third kappa shape index (κ3) is 4.17. The quantitative estimate of drug-likeness (QED) is 0.443. The number of methoxy groups -OCH3 is 1. The van der Waals surface area contributed by atoms with Crippen LogP contribution in [-0.2, 0) is 19.1 Å². The number of ether oxygens (including phenoxy) is 2. The van der Waals surface area contributed by atoms with Gasteiger partial charge in [0.2, 0.25) is 5.78 Å². The van der Waals surface area contributed by atoms with Crippen molar-refractivity contribution in [2.75, 3.05) is 7.11 Å². The molecule has 1 aliphatic heterocycles. The first kappa shape index (κ1) is 17.4. The van der Waals surface area contributed by atoms with Crippen LogP contribution in [0.5, 0.6) is 0 Å². The van der Waals surface area contributed by atoms with Crippen LogP contribution in [0.1, 0.15) is 46.5 Å². The third-order valence-electron chi connectivity index (χ3n) is 3.35. The number of carbonyl (C=O) groups is 2. The van der Waals surface area contributed by atoms with E-state index in [2.05, 4.69) is 4.74 Å². The summed E-state index contributed by atoms with van der Waals surface area (Å²) in [6.45, 7) is 5.30. The summed E-state index contributed by atoms with van der Waals surface area (Å²) in [7, 11) is 1.25. The minimum absolute atomic E-state index is 0.0158. The highest BCUT2D eigenvalue weighted by molar-refractivity contribution is 6.22. The molecule has 5 nitrogen and oxygen atoms in total. The molecule has 0 aliphatic carbocycles. The molecule has 21 heavy (non-hydrogen) atoms. The van der Waals surface area contributed by atoms with E-state index >= 15 is 0 Å². The van der Waals surface area contributed by atoms with Gasteiger partial charge in [0.15, 0.2) is 5.60 Å². The van der Waals surface area contributed by atoms with Crippen molar-refractivity contribution in [1.29, 1.82) is 0 Å². The number of aliphatic hydroxyl groups is 1. The van der Waals surface area contributed by atoms with Gasteiger partial charge in [0.05, 0.1) is 13.2 Å². The Labute approximate surface area is 125 Å². The highest BCUT2D eigenvalue weighted by Crippen LogP contribution is 2.34. The molecule has 2 atom stereocenters. The molecule has 0 saturated carbocycles. The molecule has 0 aromatic rings. The zero-order valence-electron chi connectivity index (χ0n) is 13.1. The molecule has 1 aliphatic rings. The number of Topliss-reactive ketones (excluding diaryl/α,β-unsaturated/α-hetero) is 1. The molecule has 0 fully saturated rings. The number of ketones is 1. The molecular weight excluding hydrogens is 272 g/mol. The lowest BCUT2D eigenvalue weighted by Crippen LogP contribution is -2.33. The molecule has 5 heteroatoms. The fourth-order valence-electron chi connectivity index (χ4n) is 2.20. The van der Waals surface area contributed by atoms with E-state index in [-0.39, 0.29) is 17.5 Å². The third-order valence-corrected chi connectivity index (χ3v) is 3.35. The Bertz CT molecular complexity index is 461. The second kappa shape index (κ2) is 7.41. The first-order valence-corrected chi connectivity index (χ1v) is 7.26. The second-order valence-corrected chi connectivity index (χ2v) is 5.41. The van der Waals surface area contributed by atoms with Crippen molar-refractivity contribution >= 4 is 11.8 Å². The van der Waals surface area contributed by atoms with E-state index in [9.17, 15) is 14.7 Å². The van der Waals surface area contributed by atoms with Gasteiger partial charge in [-0.05, 0) is 39.2 Å². The fourth-order valence-corrected chi connectivity index (χ4v) is 2.20. The predicted molar refractivity (Wildman–Crippen MR) is 78.5 cm³/mol. The number of aliphatic hydroxyl groups excluding tert-OH is 1. The van der Waals surface area contributed by atoms with Gasteiger partial charge in [-0.15, -0.1) is 0 Å². The van der Waals surface area contributed by atoms with E-state index in [4.69, 9.17) is 4.74 Å². The minimum atomic E-state index is -1.16. The van der Waals surface area contributed by atoms with E-state index in [0.29, 0.717) is 25.0 Å². The van der Waals surface area contributed by atoms with Gasteiger partial charge < -0.3 is 14.6 Å². The van der Waals surface area contributed by atoms with Gasteiger partial charge in [0.1, 0.15) is 11.3 Å². The van der Waals surface area contributed by atoms with Gasteiger partial charge in [0, 0.05) is 6.42 Å². The molecule has 0 aromatic heterocycles. The van der Waals surface area contributed by atoms with Crippen molar-refractivity contribution in [3.63, 3.8) is 0 Å². The van der Waals surface area contributed by atoms with Gasteiger partial charge in [-0.3, -0.25) is 4.79 Å². The van der Waals surface area contributed by atoms with Crippen LogP contribution in [0.2, 0.25) is 0 Å². The Hall–Kier alpha value is -1.62. The molecule has 0 radical (unpaired) electrons. The summed E-state index contributed by atoms with van der Waals surface area (Å²) in [6, 6.07) is 0. The van der Waals surface area contributed by atoms with E-state index in [1.54, 1.807) is 26.0 Å². The molecule has 0 bridgehead atoms. The normalized spacial score (nSPS) is 23.6. The summed E-state index contributed by atoms with van der Waals surface area (Å²) in [5.41, 5.74) is -1.14. The molecule has 0 saturated heterocycles. The molecule has 0 spiro atoms. The highest BCUT2D eigenvalue weighted by Gasteiger charge is 2.46. The molecule has 118 valence electrons. The van der Waals surface area contributed by atoms with Gasteiger partial charge in [-0.2, -0.15) is 0 Å². The second-order valence-electron chi connectivity index (χ2n) is 5.41. The fraction of sp³-hybridized carbons (Fsp3) is 0.625. The summed E-state index contributed by atoms with van der Waals surface area (Å²) in [5, 5.41) is 9.22. The lowest BCUT2D eigenvalue weighted by molar-refractivity contribution is -0.138. The lowest BCUT2D eigenvalue weighted by atomic mass is 9.95. The van der Waals surface area contributed by atoms with Crippen LogP contribution in [0, 0.1) is 0 Å². The van der Waals surface area contributed by atoms with Gasteiger partial charge in [0.25, 0.3) is 0 Å². The Morgan fingerprint density at radius 3 is 2.71 bits per heavy atom. The van der Waals surface area contributed by atoms with Gasteiger partial charge in [-0.1, -0.05) is 13.0 Å². The number of rotatable bonds is 7. The minimum Gasteiger partial charge on any atom is -0.479 e. The Balaban J connectivity index is 2.89. The maximum atomic E-state index is 12.5. The van der Waals surface area contributed by atoms with Crippen LogP contribution < -0.4 is 0 Å². The molecule has 1 rings (SSSR count). The zero-order chi connectivity index (χ0) is 16.0. The number of allylic oxidation sites excluding steroid dienone is 2. The lowest BCUT2D eigenvalue weighted by Gasteiger charge is -2.19. The number of hydrogen-bond donors (Lipinski definition) is 1. The molecular formula is C16H24O5. The maximum absolute atomic E-state index is 12.5. The molecule has 0 unspecified atom stereocenters. The first-order chi connectivity index (χ1) is 9.85. The average molecular weight is 296 g/mol. The van der Waals surface area contributed by atoms with Crippen molar-refractivity contribution in [2.24, 2.45) is 0 Å². The smallest absolute Gasteiger partial charge is 0.345 e. The predicted octanol–water partition coefficient (Wildman–Crippen LogP) is 2.29. The summed E-state index contributed by atoms with van der Waals surface area (Å²) in [4.78, 5) is 24.2. The largest absolute Gasteiger partial charge is 0.479 e. The Kier molecular flexibility index (Phi) is 6.15. The van der Waals surface area contributed by atoms with Crippen LogP contribution in [-0.4, -0.2) is 35.7 Å². The number of hydrogen-bond acceptors (Lipinski definition) is 5. The summed E-state index contributed by atoms with van der Waals surface area (Å²) >= 11 is 0. The summed E-state index contributed by atoms with van der Waals surface area (Å²) < 4.78 is 10.4. The summed E-state index contributed by atoms with van der Waals surface area (Å²) in [6.07, 6.45) is 5.61. The molecule has 1 N–H and O–H groups in total. The van der Waals surface area contributed by atoms with Crippen LogP contribution in [0.15, 0.2) is 23.5 Å². The Morgan fingerprint density at radius 1 is 1.52 bits per heavy atom. The van der Waals surface area contributed by atoms with Crippen molar-refractivity contribution in [3.05, 3.63) is 23.5 Å².